The molecular weight excluding hydrogens is 292 g/mol. The van der Waals surface area contributed by atoms with Crippen molar-refractivity contribution in [2.24, 2.45) is 0 Å². The van der Waals surface area contributed by atoms with Gasteiger partial charge >= 0.3 is 5.97 Å². The van der Waals surface area contributed by atoms with E-state index in [4.69, 9.17) is 4.74 Å². The van der Waals surface area contributed by atoms with Gasteiger partial charge in [-0.25, -0.2) is 4.79 Å². The summed E-state index contributed by atoms with van der Waals surface area (Å²) >= 11 is 0. The molecule has 128 valence electrons. The largest absolute Gasteiger partial charge is 0.461 e. The number of amides is 1. The summed E-state index contributed by atoms with van der Waals surface area (Å²) in [5.41, 5.74) is 2.78. The Morgan fingerprint density at radius 2 is 1.91 bits per heavy atom. The number of rotatable bonds is 4. The van der Waals surface area contributed by atoms with Crippen LogP contribution in [0.5, 0.6) is 0 Å². The molecular formula is C18H28N2O3. The molecule has 2 heterocycles. The number of carbonyl (C=O) groups is 2. The smallest absolute Gasteiger partial charge is 0.355 e. The van der Waals surface area contributed by atoms with E-state index in [-0.39, 0.29) is 17.9 Å². The molecule has 5 nitrogen and oxygen atoms in total. The van der Waals surface area contributed by atoms with E-state index in [9.17, 15) is 9.59 Å². The fourth-order valence-corrected chi connectivity index (χ4v) is 3.61. The first-order chi connectivity index (χ1) is 10.9. The van der Waals surface area contributed by atoms with E-state index in [1.165, 1.54) is 6.42 Å². The van der Waals surface area contributed by atoms with Gasteiger partial charge in [-0.05, 0) is 59.4 Å². The van der Waals surface area contributed by atoms with Gasteiger partial charge in [0.1, 0.15) is 5.69 Å². The summed E-state index contributed by atoms with van der Waals surface area (Å²) in [5.74, 6) is -0.300. The molecule has 0 bridgehead atoms. The van der Waals surface area contributed by atoms with Gasteiger partial charge in [0.15, 0.2) is 0 Å². The molecule has 0 N–H and O–H groups in total. The van der Waals surface area contributed by atoms with Crippen molar-refractivity contribution >= 4 is 11.9 Å². The van der Waals surface area contributed by atoms with E-state index in [1.807, 2.05) is 30.2 Å². The molecule has 23 heavy (non-hydrogen) atoms. The number of hydrogen-bond donors (Lipinski definition) is 0. The fourth-order valence-electron chi connectivity index (χ4n) is 3.61. The Balaban J connectivity index is 2.46. The number of hydrogen-bond acceptors (Lipinski definition) is 3. The van der Waals surface area contributed by atoms with Crippen LogP contribution < -0.4 is 0 Å². The molecule has 1 fully saturated rings. The van der Waals surface area contributed by atoms with Gasteiger partial charge in [-0.1, -0.05) is 0 Å². The molecule has 1 aliphatic heterocycles. The lowest BCUT2D eigenvalue weighted by molar-refractivity contribution is 0.0512. The summed E-state index contributed by atoms with van der Waals surface area (Å²) in [6.07, 6.45) is 3.27. The minimum atomic E-state index is -0.347. The minimum Gasteiger partial charge on any atom is -0.461 e. The molecule has 1 aromatic rings. The van der Waals surface area contributed by atoms with Crippen LogP contribution in [0.3, 0.4) is 0 Å². The Hall–Kier alpha value is -1.78. The number of ether oxygens (including phenoxy) is 1. The maximum atomic E-state index is 13.1. The van der Waals surface area contributed by atoms with Crippen LogP contribution >= 0.6 is 0 Å². The van der Waals surface area contributed by atoms with E-state index in [2.05, 4.69) is 6.92 Å². The third-order valence-corrected chi connectivity index (χ3v) is 4.83. The summed E-state index contributed by atoms with van der Waals surface area (Å²) < 4.78 is 7.08. The highest BCUT2D eigenvalue weighted by atomic mass is 16.5. The number of esters is 1. The highest BCUT2D eigenvalue weighted by Crippen LogP contribution is 2.27. The van der Waals surface area contributed by atoms with Crippen molar-refractivity contribution in [1.82, 2.24) is 9.47 Å². The normalized spacial score (nSPS) is 18.1. The van der Waals surface area contributed by atoms with Gasteiger partial charge in [0.2, 0.25) is 0 Å². The van der Waals surface area contributed by atoms with Gasteiger partial charge in [0.05, 0.1) is 12.2 Å². The molecule has 1 unspecified atom stereocenters. The first kappa shape index (κ1) is 17.6. The molecule has 1 aromatic heterocycles. The molecule has 0 aromatic carbocycles. The monoisotopic (exact) mass is 320 g/mol. The molecule has 1 amide bonds. The molecule has 0 spiro atoms. The number of piperidine rings is 1. The zero-order chi connectivity index (χ0) is 17.1. The predicted molar refractivity (Wildman–Crippen MR) is 89.9 cm³/mol. The average Bonchev–Trinajstić information content (AvgIpc) is 2.77. The maximum Gasteiger partial charge on any atom is 0.355 e. The molecule has 0 radical (unpaired) electrons. The van der Waals surface area contributed by atoms with Gasteiger partial charge in [0.25, 0.3) is 5.91 Å². The van der Waals surface area contributed by atoms with Gasteiger partial charge < -0.3 is 14.2 Å². The van der Waals surface area contributed by atoms with Crippen molar-refractivity contribution < 1.29 is 14.3 Å². The van der Waals surface area contributed by atoms with Crippen LogP contribution in [-0.4, -0.2) is 40.5 Å². The van der Waals surface area contributed by atoms with Crippen LogP contribution in [-0.2, 0) is 11.3 Å². The Morgan fingerprint density at radius 1 is 1.22 bits per heavy atom. The number of likely N-dealkylation sites (tertiary alicyclic amines) is 1. The molecule has 0 aliphatic carbocycles. The zero-order valence-corrected chi connectivity index (χ0v) is 14.9. The van der Waals surface area contributed by atoms with Crippen molar-refractivity contribution in [3.8, 4) is 0 Å². The van der Waals surface area contributed by atoms with Crippen molar-refractivity contribution in [3.05, 3.63) is 22.5 Å². The Labute approximate surface area is 138 Å². The zero-order valence-electron chi connectivity index (χ0n) is 14.9. The van der Waals surface area contributed by atoms with Crippen LogP contribution in [0.1, 0.15) is 72.1 Å². The highest BCUT2D eigenvalue weighted by molar-refractivity contribution is 6.01. The highest BCUT2D eigenvalue weighted by Gasteiger charge is 2.31. The first-order valence-electron chi connectivity index (χ1n) is 8.61. The lowest BCUT2D eigenvalue weighted by Crippen LogP contribution is -2.42. The lowest BCUT2D eigenvalue weighted by atomic mass is 10.0. The minimum absolute atomic E-state index is 0.0462. The molecule has 2 rings (SSSR count). The Bertz CT molecular complexity index is 604. The lowest BCUT2D eigenvalue weighted by Gasteiger charge is -2.33. The molecule has 5 heteroatoms. The van der Waals surface area contributed by atoms with Gasteiger partial charge in [-0.2, -0.15) is 0 Å². The standard InChI is InChI=1S/C18H28N2O3/c1-6-19-14(5)15(13(4)16(19)18(22)23-7-2)17(21)20-11-9-8-10-12(20)3/h12H,6-11H2,1-5H3. The average molecular weight is 320 g/mol. The van der Waals surface area contributed by atoms with Crippen molar-refractivity contribution in [3.63, 3.8) is 0 Å². The topological polar surface area (TPSA) is 51.5 Å². The van der Waals surface area contributed by atoms with E-state index in [0.717, 1.165) is 30.6 Å². The maximum absolute atomic E-state index is 13.1. The summed E-state index contributed by atoms with van der Waals surface area (Å²) in [4.78, 5) is 27.3. The second-order valence-electron chi connectivity index (χ2n) is 6.24. The van der Waals surface area contributed by atoms with Gasteiger partial charge in [-0.3, -0.25) is 4.79 Å². The Kier molecular flexibility index (Phi) is 5.50. The quantitative estimate of drug-likeness (QED) is 0.800. The summed E-state index contributed by atoms with van der Waals surface area (Å²) in [5, 5.41) is 0. The van der Waals surface area contributed by atoms with E-state index in [1.54, 1.807) is 6.92 Å². The fraction of sp³-hybridized carbons (Fsp3) is 0.667. The second-order valence-corrected chi connectivity index (χ2v) is 6.24. The first-order valence-corrected chi connectivity index (χ1v) is 8.61. The summed E-state index contributed by atoms with van der Waals surface area (Å²) in [7, 11) is 0. The van der Waals surface area contributed by atoms with Crippen molar-refractivity contribution in [2.45, 2.75) is 66.5 Å². The number of nitrogens with zero attached hydrogens (tertiary/aromatic N) is 2. The predicted octanol–water partition coefficient (Wildman–Crippen LogP) is 3.32. The molecule has 1 atom stereocenters. The number of carbonyl (C=O) groups excluding carboxylic acids is 2. The van der Waals surface area contributed by atoms with Crippen molar-refractivity contribution in [2.75, 3.05) is 13.2 Å². The van der Waals surface area contributed by atoms with Gasteiger partial charge in [-0.15, -0.1) is 0 Å². The van der Waals surface area contributed by atoms with Crippen LogP contribution in [0.4, 0.5) is 0 Å². The number of aromatic nitrogens is 1. The third-order valence-electron chi connectivity index (χ3n) is 4.83. The third kappa shape index (κ3) is 3.14. The second kappa shape index (κ2) is 7.20. The van der Waals surface area contributed by atoms with Crippen LogP contribution in [0.25, 0.3) is 0 Å². The van der Waals surface area contributed by atoms with Gasteiger partial charge in [0, 0.05) is 24.8 Å². The SMILES string of the molecule is CCOC(=O)c1c(C)c(C(=O)N2CCCCC2C)c(C)n1CC. The summed E-state index contributed by atoms with van der Waals surface area (Å²) in [6.45, 7) is 11.4. The van der Waals surface area contributed by atoms with E-state index in [0.29, 0.717) is 24.4 Å². The van der Waals surface area contributed by atoms with E-state index >= 15 is 0 Å². The summed E-state index contributed by atoms with van der Waals surface area (Å²) in [6, 6.07) is 0.256. The molecule has 1 aliphatic rings. The van der Waals surface area contributed by atoms with Crippen LogP contribution in [0, 0.1) is 13.8 Å². The van der Waals surface area contributed by atoms with Crippen LogP contribution in [0.15, 0.2) is 0 Å². The van der Waals surface area contributed by atoms with Crippen LogP contribution in [0.2, 0.25) is 0 Å². The Morgan fingerprint density at radius 3 is 2.48 bits per heavy atom. The van der Waals surface area contributed by atoms with Crippen molar-refractivity contribution in [1.29, 1.82) is 0 Å². The van der Waals surface area contributed by atoms with E-state index < -0.39 is 0 Å². The molecule has 1 saturated heterocycles. The molecule has 0 saturated carbocycles.